The molecule has 1 saturated heterocycles. The van der Waals surface area contributed by atoms with Gasteiger partial charge in [0.05, 0.1) is 5.56 Å². The number of carbonyl (C=O) groups is 1. The number of amides is 1. The maximum atomic E-state index is 13.9. The van der Waals surface area contributed by atoms with Crippen LogP contribution in [-0.2, 0) is 0 Å². The predicted octanol–water partition coefficient (Wildman–Crippen LogP) is 2.38. The van der Waals surface area contributed by atoms with Crippen molar-refractivity contribution in [1.29, 1.82) is 0 Å². The fourth-order valence-corrected chi connectivity index (χ4v) is 2.35. The molecule has 1 aromatic rings. The van der Waals surface area contributed by atoms with E-state index in [-0.39, 0.29) is 23.9 Å². The molecule has 1 aliphatic heterocycles. The summed E-state index contributed by atoms with van der Waals surface area (Å²) < 4.78 is 13.9. The summed E-state index contributed by atoms with van der Waals surface area (Å²) in [7, 11) is 1.93. The maximum absolute atomic E-state index is 13.9. The summed E-state index contributed by atoms with van der Waals surface area (Å²) >= 11 is 0. The number of likely N-dealkylation sites (tertiary alicyclic amines) is 1. The van der Waals surface area contributed by atoms with Crippen molar-refractivity contribution in [2.45, 2.75) is 25.8 Å². The molecule has 19 heavy (non-hydrogen) atoms. The summed E-state index contributed by atoms with van der Waals surface area (Å²) in [6.45, 7) is 3.06. The van der Waals surface area contributed by atoms with Crippen LogP contribution in [0.4, 0.5) is 4.39 Å². The van der Waals surface area contributed by atoms with E-state index in [1.165, 1.54) is 0 Å². The third-order valence-electron chi connectivity index (χ3n) is 3.61. The third-order valence-corrected chi connectivity index (χ3v) is 3.61. The van der Waals surface area contributed by atoms with Gasteiger partial charge in [0.1, 0.15) is 5.82 Å². The highest BCUT2D eigenvalue weighted by molar-refractivity contribution is 5.94. The second-order valence-electron chi connectivity index (χ2n) is 4.79. The summed E-state index contributed by atoms with van der Waals surface area (Å²) in [5.74, 6) is -0.580. The van der Waals surface area contributed by atoms with Gasteiger partial charge in [0.25, 0.3) is 5.91 Å². The lowest BCUT2D eigenvalue weighted by molar-refractivity contribution is 0.0702. The molecule has 2 rings (SSSR count). The molecule has 106 valence electrons. The highest BCUT2D eigenvalue weighted by atomic mass is 35.5. The SMILES string of the molecule is CNC1CCN(C(=O)c2cccc(C)c2F)CC1.Cl. The molecule has 0 atom stereocenters. The van der Waals surface area contributed by atoms with Crippen LogP contribution in [0, 0.1) is 12.7 Å². The van der Waals surface area contributed by atoms with Gasteiger partial charge in [0.2, 0.25) is 0 Å². The van der Waals surface area contributed by atoms with E-state index in [1.807, 2.05) is 7.05 Å². The first-order chi connectivity index (χ1) is 8.63. The van der Waals surface area contributed by atoms with Crippen LogP contribution in [0.25, 0.3) is 0 Å². The summed E-state index contributed by atoms with van der Waals surface area (Å²) in [6.07, 6.45) is 1.85. The minimum Gasteiger partial charge on any atom is -0.338 e. The van der Waals surface area contributed by atoms with Crippen molar-refractivity contribution in [3.63, 3.8) is 0 Å². The molecule has 1 aliphatic rings. The minimum atomic E-state index is -0.391. The van der Waals surface area contributed by atoms with Crippen LogP contribution in [0.2, 0.25) is 0 Å². The molecule has 0 spiro atoms. The summed E-state index contributed by atoms with van der Waals surface area (Å²) in [4.78, 5) is 14.0. The first kappa shape index (κ1) is 15.9. The Balaban J connectivity index is 0.00000180. The molecule has 3 nitrogen and oxygen atoms in total. The molecular weight excluding hydrogens is 267 g/mol. The Kier molecular flexibility index (Phi) is 5.76. The number of benzene rings is 1. The first-order valence-electron chi connectivity index (χ1n) is 6.35. The van der Waals surface area contributed by atoms with Gasteiger partial charge < -0.3 is 10.2 Å². The topological polar surface area (TPSA) is 32.3 Å². The lowest BCUT2D eigenvalue weighted by Gasteiger charge is -2.32. The molecule has 1 N–H and O–H groups in total. The van der Waals surface area contributed by atoms with Crippen molar-refractivity contribution in [2.24, 2.45) is 0 Å². The monoisotopic (exact) mass is 286 g/mol. The summed E-state index contributed by atoms with van der Waals surface area (Å²) in [6, 6.07) is 5.44. The molecule has 1 aromatic carbocycles. The zero-order chi connectivity index (χ0) is 13.1. The fourth-order valence-electron chi connectivity index (χ4n) is 2.35. The van der Waals surface area contributed by atoms with Crippen LogP contribution in [0.5, 0.6) is 0 Å². The summed E-state index contributed by atoms with van der Waals surface area (Å²) in [5, 5.41) is 3.21. The Labute approximate surface area is 119 Å². The highest BCUT2D eigenvalue weighted by Crippen LogP contribution is 2.17. The molecule has 1 heterocycles. The van der Waals surface area contributed by atoms with Crippen LogP contribution in [0.15, 0.2) is 18.2 Å². The number of hydrogen-bond acceptors (Lipinski definition) is 2. The van der Waals surface area contributed by atoms with Crippen molar-refractivity contribution < 1.29 is 9.18 Å². The molecule has 1 fully saturated rings. The number of nitrogens with one attached hydrogen (secondary N) is 1. The van der Waals surface area contributed by atoms with Crippen LogP contribution in [0.1, 0.15) is 28.8 Å². The van der Waals surface area contributed by atoms with E-state index < -0.39 is 5.82 Å². The third kappa shape index (κ3) is 3.45. The van der Waals surface area contributed by atoms with Crippen molar-refractivity contribution in [1.82, 2.24) is 10.2 Å². The summed E-state index contributed by atoms with van der Waals surface area (Å²) in [5.41, 5.74) is 0.712. The number of rotatable bonds is 2. The second-order valence-corrected chi connectivity index (χ2v) is 4.79. The molecule has 0 radical (unpaired) electrons. The first-order valence-corrected chi connectivity index (χ1v) is 6.35. The lowest BCUT2D eigenvalue weighted by atomic mass is 10.0. The molecule has 0 aromatic heterocycles. The van der Waals surface area contributed by atoms with Crippen molar-refractivity contribution >= 4 is 18.3 Å². The van der Waals surface area contributed by atoms with Gasteiger partial charge >= 0.3 is 0 Å². The molecule has 0 unspecified atom stereocenters. The smallest absolute Gasteiger partial charge is 0.256 e. The predicted molar refractivity (Wildman–Crippen MR) is 76.4 cm³/mol. The highest BCUT2D eigenvalue weighted by Gasteiger charge is 2.24. The van der Waals surface area contributed by atoms with Crippen molar-refractivity contribution in [2.75, 3.05) is 20.1 Å². The van der Waals surface area contributed by atoms with Crippen LogP contribution in [-0.4, -0.2) is 37.0 Å². The van der Waals surface area contributed by atoms with E-state index in [4.69, 9.17) is 0 Å². The molecule has 5 heteroatoms. The van der Waals surface area contributed by atoms with E-state index in [9.17, 15) is 9.18 Å². The zero-order valence-electron chi connectivity index (χ0n) is 11.3. The normalized spacial score (nSPS) is 16.1. The number of nitrogens with zero attached hydrogens (tertiary/aromatic N) is 1. The number of carbonyl (C=O) groups excluding carboxylic acids is 1. The number of piperidine rings is 1. The standard InChI is InChI=1S/C14H19FN2O.ClH/c1-10-4-3-5-12(13(10)15)14(18)17-8-6-11(16-2)7-9-17;/h3-5,11,16H,6-9H2,1-2H3;1H. The van der Waals surface area contributed by atoms with Crippen molar-refractivity contribution in [3.8, 4) is 0 Å². The quantitative estimate of drug-likeness (QED) is 0.905. The largest absolute Gasteiger partial charge is 0.338 e. The van der Waals surface area contributed by atoms with Gasteiger partial charge in [-0.05, 0) is 38.4 Å². The number of hydrogen-bond donors (Lipinski definition) is 1. The Morgan fingerprint density at radius 2 is 2.00 bits per heavy atom. The second kappa shape index (κ2) is 6.87. The van der Waals surface area contributed by atoms with Crippen LogP contribution in [0.3, 0.4) is 0 Å². The Hall–Kier alpha value is -1.13. The molecular formula is C14H20ClFN2O. The van der Waals surface area contributed by atoms with Crippen molar-refractivity contribution in [3.05, 3.63) is 35.1 Å². The number of aryl methyl sites for hydroxylation is 1. The molecule has 1 amide bonds. The maximum Gasteiger partial charge on any atom is 0.256 e. The van der Waals surface area contributed by atoms with E-state index in [1.54, 1.807) is 30.0 Å². The van der Waals surface area contributed by atoms with E-state index in [0.717, 1.165) is 12.8 Å². The Bertz CT molecular complexity index is 445. The molecule has 0 aliphatic carbocycles. The Morgan fingerprint density at radius 1 is 1.37 bits per heavy atom. The average molecular weight is 287 g/mol. The fraction of sp³-hybridized carbons (Fsp3) is 0.500. The van der Waals surface area contributed by atoms with E-state index >= 15 is 0 Å². The van der Waals surface area contributed by atoms with Gasteiger partial charge in [-0.3, -0.25) is 4.79 Å². The average Bonchev–Trinajstić information content (AvgIpc) is 2.41. The van der Waals surface area contributed by atoms with Crippen LogP contribution >= 0.6 is 12.4 Å². The Morgan fingerprint density at radius 3 is 2.58 bits per heavy atom. The van der Waals surface area contributed by atoms with Gasteiger partial charge in [-0.2, -0.15) is 0 Å². The van der Waals surface area contributed by atoms with Gasteiger partial charge in [-0.15, -0.1) is 12.4 Å². The van der Waals surface area contributed by atoms with Gasteiger partial charge in [-0.25, -0.2) is 4.39 Å². The zero-order valence-corrected chi connectivity index (χ0v) is 12.1. The number of halogens is 2. The van der Waals surface area contributed by atoms with E-state index in [0.29, 0.717) is 24.7 Å². The van der Waals surface area contributed by atoms with Gasteiger partial charge in [-0.1, -0.05) is 12.1 Å². The lowest BCUT2D eigenvalue weighted by Crippen LogP contribution is -2.44. The van der Waals surface area contributed by atoms with Gasteiger partial charge in [0.15, 0.2) is 0 Å². The van der Waals surface area contributed by atoms with Gasteiger partial charge in [0, 0.05) is 19.1 Å². The van der Waals surface area contributed by atoms with E-state index in [2.05, 4.69) is 5.32 Å². The van der Waals surface area contributed by atoms with Crippen LogP contribution < -0.4 is 5.32 Å². The minimum absolute atomic E-state index is 0. The molecule has 0 bridgehead atoms. The molecule has 0 saturated carbocycles.